The summed E-state index contributed by atoms with van der Waals surface area (Å²) in [7, 11) is -3.77. The minimum absolute atomic E-state index is 0.0935. The predicted octanol–water partition coefficient (Wildman–Crippen LogP) is 2.60. The highest BCUT2D eigenvalue weighted by Gasteiger charge is 2.15. The summed E-state index contributed by atoms with van der Waals surface area (Å²) in [5.74, 6) is -0.762. The second kappa shape index (κ2) is 5.46. The summed E-state index contributed by atoms with van der Waals surface area (Å²) < 4.78 is 40.0. The molecule has 2 rings (SSSR count). The van der Waals surface area contributed by atoms with Gasteiger partial charge in [0.2, 0.25) is 10.0 Å². The highest BCUT2D eigenvalue weighted by atomic mass is 35.5. The number of benzene rings is 1. The Labute approximate surface area is 119 Å². The molecular formula is C11H10ClFN2O2S2. The first kappa shape index (κ1) is 14.3. The molecule has 0 saturated heterocycles. The van der Waals surface area contributed by atoms with Crippen LogP contribution in [0, 0.1) is 5.82 Å². The van der Waals surface area contributed by atoms with Crippen LogP contribution in [0.15, 0.2) is 35.2 Å². The monoisotopic (exact) mass is 320 g/mol. The first-order valence-electron chi connectivity index (χ1n) is 5.17. The molecule has 0 amide bonds. The van der Waals surface area contributed by atoms with Crippen molar-refractivity contribution < 1.29 is 12.8 Å². The summed E-state index contributed by atoms with van der Waals surface area (Å²) in [6.45, 7) is 0.103. The summed E-state index contributed by atoms with van der Waals surface area (Å²) in [5.41, 5.74) is 5.20. The van der Waals surface area contributed by atoms with Gasteiger partial charge in [0, 0.05) is 11.4 Å². The largest absolute Gasteiger partial charge is 0.396 e. The van der Waals surface area contributed by atoms with E-state index in [2.05, 4.69) is 4.72 Å². The lowest BCUT2D eigenvalue weighted by atomic mass is 10.3. The number of sulfonamides is 1. The van der Waals surface area contributed by atoms with Gasteiger partial charge in [0.1, 0.15) is 5.82 Å². The van der Waals surface area contributed by atoms with Gasteiger partial charge in [-0.05, 0) is 30.3 Å². The van der Waals surface area contributed by atoms with Gasteiger partial charge in [-0.1, -0.05) is 11.6 Å². The Kier molecular flexibility index (Phi) is 4.10. The van der Waals surface area contributed by atoms with Crippen LogP contribution in [-0.4, -0.2) is 8.42 Å². The topological polar surface area (TPSA) is 72.2 Å². The molecule has 0 fully saturated rings. The minimum atomic E-state index is -3.77. The maximum atomic E-state index is 13.2. The standard InChI is InChI=1S/C11H10ClFN2O2S2/c12-11-4-1-7(18-11)6-15-19(16,17)8-2-3-10(14)9(13)5-8/h1-5,15H,6,14H2. The summed E-state index contributed by atoms with van der Waals surface area (Å²) in [6.07, 6.45) is 0. The van der Waals surface area contributed by atoms with Gasteiger partial charge in [0.05, 0.1) is 14.9 Å². The van der Waals surface area contributed by atoms with E-state index in [1.807, 2.05) is 0 Å². The maximum absolute atomic E-state index is 13.2. The van der Waals surface area contributed by atoms with Crippen molar-refractivity contribution in [3.05, 3.63) is 45.4 Å². The second-order valence-electron chi connectivity index (χ2n) is 3.71. The van der Waals surface area contributed by atoms with Crippen LogP contribution < -0.4 is 10.5 Å². The molecule has 4 nitrogen and oxygen atoms in total. The Morgan fingerprint density at radius 1 is 1.32 bits per heavy atom. The van der Waals surface area contributed by atoms with Crippen molar-refractivity contribution in [2.45, 2.75) is 11.4 Å². The van der Waals surface area contributed by atoms with Crippen LogP contribution in [0.2, 0.25) is 4.34 Å². The Balaban J connectivity index is 2.16. The third-order valence-electron chi connectivity index (χ3n) is 2.35. The number of nitrogens with one attached hydrogen (secondary N) is 1. The smallest absolute Gasteiger partial charge is 0.241 e. The SMILES string of the molecule is Nc1ccc(S(=O)(=O)NCc2ccc(Cl)s2)cc1F. The number of anilines is 1. The van der Waals surface area contributed by atoms with Gasteiger partial charge >= 0.3 is 0 Å². The number of halogens is 2. The minimum Gasteiger partial charge on any atom is -0.396 e. The molecule has 8 heteroatoms. The summed E-state index contributed by atoms with van der Waals surface area (Å²) in [5, 5.41) is 0. The van der Waals surface area contributed by atoms with E-state index in [1.165, 1.54) is 23.5 Å². The second-order valence-corrected chi connectivity index (χ2v) is 7.28. The highest BCUT2D eigenvalue weighted by molar-refractivity contribution is 7.89. The Bertz CT molecular complexity index is 700. The molecule has 3 N–H and O–H groups in total. The number of hydrogen-bond acceptors (Lipinski definition) is 4. The van der Waals surface area contributed by atoms with Gasteiger partial charge in [-0.2, -0.15) is 0 Å². The molecule has 1 aromatic heterocycles. The third kappa shape index (κ3) is 3.44. The first-order valence-corrected chi connectivity index (χ1v) is 7.85. The van der Waals surface area contributed by atoms with Gasteiger partial charge in [0.15, 0.2) is 0 Å². The van der Waals surface area contributed by atoms with Gasteiger partial charge < -0.3 is 5.73 Å². The van der Waals surface area contributed by atoms with E-state index in [1.54, 1.807) is 12.1 Å². The van der Waals surface area contributed by atoms with Crippen LogP contribution in [0.1, 0.15) is 4.88 Å². The highest BCUT2D eigenvalue weighted by Crippen LogP contribution is 2.22. The molecule has 0 aliphatic heterocycles. The number of nitrogens with two attached hydrogens (primary N) is 1. The summed E-state index contributed by atoms with van der Waals surface area (Å²) in [4.78, 5) is 0.603. The number of thiophene rings is 1. The van der Waals surface area contributed by atoms with Crippen LogP contribution in [0.5, 0.6) is 0 Å². The maximum Gasteiger partial charge on any atom is 0.241 e. The van der Waals surface area contributed by atoms with E-state index in [9.17, 15) is 12.8 Å². The van der Waals surface area contributed by atoms with Crippen molar-refractivity contribution in [2.75, 3.05) is 5.73 Å². The predicted molar refractivity (Wildman–Crippen MR) is 74.2 cm³/mol. The van der Waals surface area contributed by atoms with Crippen LogP contribution in [0.3, 0.4) is 0 Å². The molecule has 0 bridgehead atoms. The van der Waals surface area contributed by atoms with E-state index in [4.69, 9.17) is 17.3 Å². The van der Waals surface area contributed by atoms with Crippen molar-refractivity contribution in [3.8, 4) is 0 Å². The Hall–Kier alpha value is -1.15. The van der Waals surface area contributed by atoms with Crippen molar-refractivity contribution in [2.24, 2.45) is 0 Å². The molecule has 19 heavy (non-hydrogen) atoms. The Morgan fingerprint density at radius 3 is 2.63 bits per heavy atom. The fourth-order valence-corrected chi connectivity index (χ4v) is 3.51. The summed E-state index contributed by atoms with van der Waals surface area (Å²) >= 11 is 7.02. The Morgan fingerprint density at radius 2 is 2.05 bits per heavy atom. The molecule has 2 aromatic rings. The lowest BCUT2D eigenvalue weighted by molar-refractivity contribution is 0.578. The van der Waals surface area contributed by atoms with Crippen molar-refractivity contribution in [1.82, 2.24) is 4.72 Å². The number of hydrogen-bond donors (Lipinski definition) is 2. The number of rotatable bonds is 4. The van der Waals surface area contributed by atoms with E-state index in [0.717, 1.165) is 10.9 Å². The molecule has 102 valence electrons. The van der Waals surface area contributed by atoms with Gasteiger partial charge in [-0.25, -0.2) is 17.5 Å². The van der Waals surface area contributed by atoms with Crippen molar-refractivity contribution in [1.29, 1.82) is 0 Å². The molecule has 0 unspecified atom stereocenters. The zero-order valence-corrected chi connectivity index (χ0v) is 11.9. The molecule has 0 saturated carbocycles. The van der Waals surface area contributed by atoms with Crippen LogP contribution in [0.4, 0.5) is 10.1 Å². The third-order valence-corrected chi connectivity index (χ3v) is 4.98. The van der Waals surface area contributed by atoms with Crippen LogP contribution in [-0.2, 0) is 16.6 Å². The average Bonchev–Trinajstić information content (AvgIpc) is 2.76. The van der Waals surface area contributed by atoms with Gasteiger partial charge in [0.25, 0.3) is 0 Å². The van der Waals surface area contributed by atoms with Gasteiger partial charge in [-0.15, -0.1) is 11.3 Å². The molecule has 0 spiro atoms. The fourth-order valence-electron chi connectivity index (χ4n) is 1.37. The molecule has 0 aliphatic carbocycles. The van der Waals surface area contributed by atoms with Crippen LogP contribution in [0.25, 0.3) is 0 Å². The number of nitrogen functional groups attached to an aromatic ring is 1. The van der Waals surface area contributed by atoms with E-state index in [-0.39, 0.29) is 17.1 Å². The zero-order chi connectivity index (χ0) is 14.0. The van der Waals surface area contributed by atoms with Crippen molar-refractivity contribution >= 4 is 38.6 Å². The summed E-state index contributed by atoms with van der Waals surface area (Å²) in [6, 6.07) is 6.75. The lowest BCUT2D eigenvalue weighted by Gasteiger charge is -2.06. The van der Waals surface area contributed by atoms with Gasteiger partial charge in [-0.3, -0.25) is 0 Å². The zero-order valence-electron chi connectivity index (χ0n) is 9.56. The van der Waals surface area contributed by atoms with E-state index in [0.29, 0.717) is 4.34 Å². The normalized spacial score (nSPS) is 11.7. The first-order chi connectivity index (χ1) is 8.88. The average molecular weight is 321 g/mol. The van der Waals surface area contributed by atoms with E-state index < -0.39 is 15.8 Å². The van der Waals surface area contributed by atoms with Crippen LogP contribution >= 0.6 is 22.9 Å². The van der Waals surface area contributed by atoms with Crippen molar-refractivity contribution in [3.63, 3.8) is 0 Å². The molecular weight excluding hydrogens is 311 g/mol. The lowest BCUT2D eigenvalue weighted by Crippen LogP contribution is -2.23. The fraction of sp³-hybridized carbons (Fsp3) is 0.0909. The molecule has 0 aliphatic rings. The molecule has 1 heterocycles. The van der Waals surface area contributed by atoms with E-state index >= 15 is 0 Å². The molecule has 0 atom stereocenters. The quantitative estimate of drug-likeness (QED) is 0.851. The molecule has 0 radical (unpaired) electrons. The molecule has 1 aromatic carbocycles.